The van der Waals surface area contributed by atoms with Crippen LogP contribution in [0.3, 0.4) is 0 Å². The van der Waals surface area contributed by atoms with Crippen LogP contribution in [0, 0.1) is 6.92 Å². The Morgan fingerprint density at radius 1 is 0.750 bits per heavy atom. The highest BCUT2D eigenvalue weighted by Crippen LogP contribution is 2.41. The van der Waals surface area contributed by atoms with Gasteiger partial charge in [0.05, 0.1) is 19.0 Å². The molecule has 1 atom stereocenters. The van der Waals surface area contributed by atoms with Crippen LogP contribution in [0.4, 0.5) is 0 Å². The second kappa shape index (κ2) is 12.4. The van der Waals surface area contributed by atoms with Crippen molar-refractivity contribution in [3.63, 3.8) is 0 Å². The van der Waals surface area contributed by atoms with Gasteiger partial charge in [-0.05, 0) is 35.6 Å². The summed E-state index contributed by atoms with van der Waals surface area (Å²) >= 11 is 2.38. The molecule has 1 unspecified atom stereocenters. The first kappa shape index (κ1) is 27.5. The largest absolute Gasteiger partial charge is 0.481 e. The summed E-state index contributed by atoms with van der Waals surface area (Å²) in [4.78, 5) is 16.2. The van der Waals surface area contributed by atoms with Crippen molar-refractivity contribution in [1.29, 1.82) is 0 Å². The zero-order chi connectivity index (χ0) is 28.0. The molecular weight excluding hydrogens is 609 g/mol. The number of aliphatic imine (C=N–C) groups is 1. The molecule has 7 heteroatoms. The summed E-state index contributed by atoms with van der Waals surface area (Å²) in [6.45, 7) is 4.01. The summed E-state index contributed by atoms with van der Waals surface area (Å²) in [5.41, 5.74) is 5.22. The number of methoxy groups -OCH3 is 1. The molecule has 0 saturated heterocycles. The Labute approximate surface area is 248 Å². The molecule has 1 N–H and O–H groups in total. The summed E-state index contributed by atoms with van der Waals surface area (Å²) in [7, 11) is 1.60. The molecule has 5 aromatic rings. The number of imidazole rings is 1. The predicted molar refractivity (Wildman–Crippen MR) is 170 cm³/mol. The molecule has 0 amide bonds. The number of H-pyrrole nitrogens is 1. The monoisotopic (exact) mass is 640 g/mol. The molecule has 2 aromatic heterocycles. The molecule has 0 fully saturated rings. The minimum absolute atomic E-state index is 0.142. The Morgan fingerprint density at radius 2 is 1.30 bits per heavy atom. The molecule has 1 aliphatic heterocycles. The topological polar surface area (TPSA) is 66.2 Å². The number of rotatable bonds is 6. The highest BCUT2D eigenvalue weighted by atomic mass is 127. The molecule has 0 spiro atoms. The van der Waals surface area contributed by atoms with Gasteiger partial charge in [0.1, 0.15) is 12.0 Å². The van der Waals surface area contributed by atoms with Gasteiger partial charge in [0.25, 0.3) is 5.84 Å². The second-order valence-electron chi connectivity index (χ2n) is 9.35. The van der Waals surface area contributed by atoms with E-state index in [0.717, 1.165) is 22.9 Å². The number of benzene rings is 3. The summed E-state index contributed by atoms with van der Waals surface area (Å²) < 4.78 is 7.45. The summed E-state index contributed by atoms with van der Waals surface area (Å²) in [5.74, 6) is 2.54. The SMILES string of the molecule is CC1=NC(I)C=[N+]1C(c1ccccc1)(c1ccccc1)c1ccccc1.COc1ccc(-c2cnc(C)[nH]2)cn1. The molecular formula is C33H31IN5O+. The van der Waals surface area contributed by atoms with E-state index >= 15 is 0 Å². The average molecular weight is 641 g/mol. The summed E-state index contributed by atoms with van der Waals surface area (Å²) in [6.07, 6.45) is 5.77. The van der Waals surface area contributed by atoms with Crippen LogP contribution in [-0.2, 0) is 5.54 Å². The van der Waals surface area contributed by atoms with Gasteiger partial charge in [-0.25, -0.2) is 14.5 Å². The number of halogens is 1. The molecule has 6 nitrogen and oxygen atoms in total. The van der Waals surface area contributed by atoms with E-state index in [1.54, 1.807) is 19.5 Å². The van der Waals surface area contributed by atoms with Gasteiger partial charge in [-0.1, -0.05) is 96.0 Å². The molecule has 3 aromatic carbocycles. The summed E-state index contributed by atoms with van der Waals surface area (Å²) in [6, 6.07) is 35.9. The minimum atomic E-state index is -0.447. The third-order valence-electron chi connectivity index (χ3n) is 6.83. The van der Waals surface area contributed by atoms with Gasteiger partial charge in [-0.3, -0.25) is 0 Å². The van der Waals surface area contributed by atoms with Gasteiger partial charge >= 0.3 is 0 Å². The Morgan fingerprint density at radius 3 is 1.68 bits per heavy atom. The molecule has 200 valence electrons. The van der Waals surface area contributed by atoms with Gasteiger partial charge in [0.2, 0.25) is 9.93 Å². The molecule has 0 radical (unpaired) electrons. The first-order valence-electron chi connectivity index (χ1n) is 13.0. The van der Waals surface area contributed by atoms with Crippen LogP contribution >= 0.6 is 22.6 Å². The number of pyridine rings is 1. The first-order valence-corrected chi connectivity index (χ1v) is 14.3. The van der Waals surface area contributed by atoms with E-state index in [1.807, 2.05) is 19.1 Å². The van der Waals surface area contributed by atoms with Gasteiger partial charge < -0.3 is 9.72 Å². The lowest BCUT2D eigenvalue weighted by Crippen LogP contribution is -2.43. The van der Waals surface area contributed by atoms with E-state index in [1.165, 1.54) is 16.7 Å². The van der Waals surface area contributed by atoms with E-state index in [-0.39, 0.29) is 4.05 Å². The Bertz CT molecular complexity index is 1500. The summed E-state index contributed by atoms with van der Waals surface area (Å²) in [5, 5.41) is 0. The van der Waals surface area contributed by atoms with E-state index in [4.69, 9.17) is 9.73 Å². The minimum Gasteiger partial charge on any atom is -0.481 e. The lowest BCUT2D eigenvalue weighted by Gasteiger charge is -2.34. The number of aromatic nitrogens is 3. The second-order valence-corrected chi connectivity index (χ2v) is 10.6. The number of aryl methyl sites for hydroxylation is 1. The van der Waals surface area contributed by atoms with Crippen LogP contribution in [0.1, 0.15) is 29.4 Å². The van der Waals surface area contributed by atoms with Gasteiger partial charge in [-0.15, -0.1) is 0 Å². The number of hydrogen-bond donors (Lipinski definition) is 1. The van der Waals surface area contributed by atoms with E-state index in [2.05, 4.69) is 146 Å². The molecule has 0 aliphatic carbocycles. The van der Waals surface area contributed by atoms with Gasteiger partial charge in [-0.2, -0.15) is 0 Å². The molecule has 1 aliphatic rings. The van der Waals surface area contributed by atoms with Crippen LogP contribution in [0.5, 0.6) is 5.88 Å². The van der Waals surface area contributed by atoms with Crippen molar-refractivity contribution in [2.75, 3.05) is 7.11 Å². The molecule has 6 rings (SSSR count). The maximum absolute atomic E-state index is 4.97. The fourth-order valence-electron chi connectivity index (χ4n) is 5.04. The smallest absolute Gasteiger partial charge is 0.292 e. The lowest BCUT2D eigenvalue weighted by molar-refractivity contribution is -0.481. The van der Waals surface area contributed by atoms with Gasteiger partial charge in [0, 0.05) is 41.4 Å². The van der Waals surface area contributed by atoms with Crippen molar-refractivity contribution in [2.24, 2.45) is 4.99 Å². The number of amidine groups is 1. The lowest BCUT2D eigenvalue weighted by atomic mass is 9.76. The van der Waals surface area contributed by atoms with Crippen molar-refractivity contribution in [1.82, 2.24) is 15.0 Å². The maximum atomic E-state index is 4.97. The van der Waals surface area contributed by atoms with E-state index in [9.17, 15) is 0 Å². The van der Waals surface area contributed by atoms with Crippen molar-refractivity contribution < 1.29 is 9.31 Å². The zero-order valence-corrected chi connectivity index (χ0v) is 24.9. The molecule has 0 saturated carbocycles. The Balaban J connectivity index is 0.000000194. The van der Waals surface area contributed by atoms with Crippen LogP contribution in [0.15, 0.2) is 121 Å². The molecule has 40 heavy (non-hydrogen) atoms. The maximum Gasteiger partial charge on any atom is 0.292 e. The fourth-order valence-corrected chi connectivity index (χ4v) is 5.77. The normalized spacial score (nSPS) is 14.6. The van der Waals surface area contributed by atoms with Crippen LogP contribution in [-0.4, -0.2) is 42.7 Å². The number of hydrogen-bond acceptors (Lipinski definition) is 4. The third-order valence-corrected chi connectivity index (χ3v) is 7.43. The average Bonchev–Trinajstić information content (AvgIpc) is 3.60. The first-order chi connectivity index (χ1) is 19.5. The van der Waals surface area contributed by atoms with Crippen LogP contribution < -0.4 is 4.74 Å². The zero-order valence-electron chi connectivity index (χ0n) is 22.7. The number of nitrogens with zero attached hydrogens (tertiary/aromatic N) is 4. The quantitative estimate of drug-likeness (QED) is 0.0712. The van der Waals surface area contributed by atoms with Gasteiger partial charge in [0.15, 0.2) is 5.54 Å². The van der Waals surface area contributed by atoms with Crippen molar-refractivity contribution >= 4 is 34.6 Å². The highest BCUT2D eigenvalue weighted by molar-refractivity contribution is 14.1. The number of alkyl halides is 1. The molecule has 3 heterocycles. The van der Waals surface area contributed by atoms with Crippen molar-refractivity contribution in [3.8, 4) is 17.1 Å². The highest BCUT2D eigenvalue weighted by Gasteiger charge is 2.47. The number of ether oxygens (including phenoxy) is 1. The number of aromatic amines is 1. The van der Waals surface area contributed by atoms with Crippen molar-refractivity contribution in [3.05, 3.63) is 138 Å². The third kappa shape index (κ3) is 5.60. The predicted octanol–water partition coefficient (Wildman–Crippen LogP) is 7.04. The van der Waals surface area contributed by atoms with Crippen LogP contribution in [0.2, 0.25) is 0 Å². The standard InChI is InChI=1S/C23H20IN2.C10H11N3O/c1-18-25-22(24)17-26(18)23(19-11-5-2-6-12-19,20-13-7-3-8-14-20)21-15-9-4-10-16-21;1-7-11-6-9(13-7)8-3-4-10(14-2)12-5-8/h2-17,22H,1H3;3-6H,1-2H3,(H,11,13)/q+1;. The van der Waals surface area contributed by atoms with Crippen molar-refractivity contribution in [2.45, 2.75) is 23.4 Å². The molecule has 0 bridgehead atoms. The van der Waals surface area contributed by atoms with E-state index in [0.29, 0.717) is 5.88 Å². The van der Waals surface area contributed by atoms with E-state index < -0.39 is 5.54 Å². The Kier molecular flexibility index (Phi) is 8.50. The fraction of sp³-hybridized carbons (Fsp3) is 0.152. The Hall–Kier alpha value is -4.11. The van der Waals surface area contributed by atoms with Crippen LogP contribution in [0.25, 0.3) is 11.3 Å². The number of nitrogens with one attached hydrogen (secondary N) is 1.